The van der Waals surface area contributed by atoms with E-state index in [1.165, 1.54) is 0 Å². The van der Waals surface area contributed by atoms with Crippen LogP contribution in [0.15, 0.2) is 54.6 Å². The second-order valence-corrected chi connectivity index (χ2v) is 8.18. The first-order valence-corrected chi connectivity index (χ1v) is 10.5. The summed E-state index contributed by atoms with van der Waals surface area (Å²) in [5.41, 5.74) is 1.53. The molecule has 7 nitrogen and oxygen atoms in total. The molecule has 0 bridgehead atoms. The average Bonchev–Trinajstić information content (AvgIpc) is 2.77. The number of hydrogen-bond donors (Lipinski definition) is 0. The van der Waals surface area contributed by atoms with Gasteiger partial charge in [-0.15, -0.1) is 0 Å². The van der Waals surface area contributed by atoms with Crippen molar-refractivity contribution in [3.63, 3.8) is 0 Å². The van der Waals surface area contributed by atoms with Crippen LogP contribution in [0.3, 0.4) is 0 Å². The van der Waals surface area contributed by atoms with Crippen LogP contribution < -0.4 is 4.90 Å². The van der Waals surface area contributed by atoms with Crippen LogP contribution in [-0.4, -0.2) is 53.6 Å². The van der Waals surface area contributed by atoms with Gasteiger partial charge in [0.25, 0.3) is 11.6 Å². The van der Waals surface area contributed by atoms with E-state index in [9.17, 15) is 14.9 Å². The third kappa shape index (κ3) is 4.22. The quantitative estimate of drug-likeness (QED) is 0.559. The van der Waals surface area contributed by atoms with E-state index in [4.69, 9.17) is 4.74 Å². The van der Waals surface area contributed by atoms with Crippen molar-refractivity contribution in [1.82, 2.24) is 4.90 Å². The van der Waals surface area contributed by atoms with Crippen LogP contribution >= 0.6 is 0 Å². The van der Waals surface area contributed by atoms with Crippen molar-refractivity contribution in [2.45, 2.75) is 37.9 Å². The molecule has 30 heavy (non-hydrogen) atoms. The summed E-state index contributed by atoms with van der Waals surface area (Å²) in [5.74, 6) is 0.00522. The van der Waals surface area contributed by atoms with Crippen molar-refractivity contribution >= 4 is 17.3 Å². The maximum Gasteiger partial charge on any atom is 0.272 e. The summed E-state index contributed by atoms with van der Waals surface area (Å²) < 4.78 is 6.23. The molecule has 158 valence electrons. The molecule has 2 aliphatic heterocycles. The predicted octanol–water partition coefficient (Wildman–Crippen LogP) is 3.42. The summed E-state index contributed by atoms with van der Waals surface area (Å²) in [6.45, 7) is 4.88. The first kappa shape index (κ1) is 20.5. The van der Waals surface area contributed by atoms with Gasteiger partial charge in [0, 0.05) is 37.0 Å². The van der Waals surface area contributed by atoms with Crippen LogP contribution in [0.2, 0.25) is 0 Å². The Morgan fingerprint density at radius 2 is 1.77 bits per heavy atom. The van der Waals surface area contributed by atoms with Crippen molar-refractivity contribution in [3.8, 4) is 0 Å². The summed E-state index contributed by atoms with van der Waals surface area (Å²) >= 11 is 0. The molecule has 2 saturated heterocycles. The van der Waals surface area contributed by atoms with Gasteiger partial charge in [-0.3, -0.25) is 14.9 Å². The lowest BCUT2D eigenvalue weighted by Crippen LogP contribution is -2.61. The van der Waals surface area contributed by atoms with Gasteiger partial charge in [-0.25, -0.2) is 0 Å². The van der Waals surface area contributed by atoms with E-state index in [1.807, 2.05) is 54.3 Å². The van der Waals surface area contributed by atoms with E-state index in [0.717, 1.165) is 43.7 Å². The number of nitro benzene ring substituents is 1. The second kappa shape index (κ2) is 8.53. The monoisotopic (exact) mass is 409 g/mol. The molecule has 2 aromatic carbocycles. The highest BCUT2D eigenvalue weighted by Gasteiger charge is 2.45. The van der Waals surface area contributed by atoms with Gasteiger partial charge in [0.05, 0.1) is 17.1 Å². The van der Waals surface area contributed by atoms with Gasteiger partial charge in [0.2, 0.25) is 0 Å². The highest BCUT2D eigenvalue weighted by molar-refractivity contribution is 5.97. The van der Waals surface area contributed by atoms with Crippen LogP contribution in [-0.2, 0) is 16.0 Å². The maximum absolute atomic E-state index is 12.7. The summed E-state index contributed by atoms with van der Waals surface area (Å²) in [7, 11) is 0. The Bertz CT molecular complexity index is 910. The SMILES string of the molecule is CC1OC2(CCN(CCc3ccccc3[N+](=O)[O-])CC2)CN(c2ccccc2)C1=O. The number of piperidine rings is 1. The molecule has 0 N–H and O–H groups in total. The molecule has 0 aromatic heterocycles. The van der Waals surface area contributed by atoms with Gasteiger partial charge in [-0.2, -0.15) is 0 Å². The fraction of sp³-hybridized carbons (Fsp3) is 0.435. The standard InChI is InChI=1S/C23H27N3O4/c1-18-22(27)25(20-8-3-2-4-9-20)17-23(30-18)12-15-24(16-13-23)14-11-19-7-5-6-10-21(19)26(28)29/h2-10,18H,11-17H2,1H3. The number of nitrogens with zero attached hydrogens (tertiary/aromatic N) is 3. The molecular weight excluding hydrogens is 382 g/mol. The predicted molar refractivity (Wildman–Crippen MR) is 115 cm³/mol. The van der Waals surface area contributed by atoms with E-state index in [1.54, 1.807) is 12.1 Å². The van der Waals surface area contributed by atoms with Gasteiger partial charge >= 0.3 is 0 Å². The first-order chi connectivity index (χ1) is 14.5. The molecule has 1 atom stereocenters. The van der Waals surface area contributed by atoms with Gasteiger partial charge < -0.3 is 14.5 Å². The molecule has 4 rings (SSSR count). The summed E-state index contributed by atoms with van der Waals surface area (Å²) in [6.07, 6.45) is 1.86. The zero-order valence-electron chi connectivity index (χ0n) is 17.2. The van der Waals surface area contributed by atoms with Gasteiger partial charge in [0.1, 0.15) is 6.10 Å². The molecule has 2 fully saturated rings. The van der Waals surface area contributed by atoms with E-state index >= 15 is 0 Å². The molecule has 1 unspecified atom stereocenters. The zero-order valence-corrected chi connectivity index (χ0v) is 17.2. The van der Waals surface area contributed by atoms with Crippen molar-refractivity contribution < 1.29 is 14.5 Å². The highest BCUT2D eigenvalue weighted by Crippen LogP contribution is 2.35. The lowest BCUT2D eigenvalue weighted by Gasteiger charge is -2.49. The van der Waals surface area contributed by atoms with Crippen molar-refractivity contribution in [1.29, 1.82) is 0 Å². The van der Waals surface area contributed by atoms with Crippen molar-refractivity contribution in [2.75, 3.05) is 31.1 Å². The summed E-state index contributed by atoms with van der Waals surface area (Å²) in [6, 6.07) is 16.7. The number of anilines is 1. The largest absolute Gasteiger partial charge is 0.360 e. The molecule has 1 amide bonds. The number of nitro groups is 1. The normalized spacial score (nSPS) is 21.7. The fourth-order valence-corrected chi connectivity index (χ4v) is 4.51. The average molecular weight is 409 g/mol. The number of ether oxygens (including phenoxy) is 1. The number of benzene rings is 2. The molecule has 1 spiro atoms. The first-order valence-electron chi connectivity index (χ1n) is 10.5. The molecule has 2 heterocycles. The molecule has 7 heteroatoms. The molecule has 2 aliphatic rings. The number of para-hydroxylation sites is 2. The smallest absolute Gasteiger partial charge is 0.272 e. The molecular formula is C23H27N3O4. The fourth-order valence-electron chi connectivity index (χ4n) is 4.51. The third-order valence-corrected chi connectivity index (χ3v) is 6.21. The van der Waals surface area contributed by atoms with Gasteiger partial charge in [-0.1, -0.05) is 36.4 Å². The van der Waals surface area contributed by atoms with E-state index in [-0.39, 0.29) is 22.1 Å². The molecule has 0 saturated carbocycles. The van der Waals surface area contributed by atoms with Crippen LogP contribution in [0.25, 0.3) is 0 Å². The van der Waals surface area contributed by atoms with E-state index < -0.39 is 6.10 Å². The minimum atomic E-state index is -0.461. The lowest BCUT2D eigenvalue weighted by molar-refractivity contribution is -0.385. The van der Waals surface area contributed by atoms with Gasteiger partial charge in [-0.05, 0) is 38.3 Å². The Hall–Kier alpha value is -2.77. The van der Waals surface area contributed by atoms with Crippen LogP contribution in [0.4, 0.5) is 11.4 Å². The van der Waals surface area contributed by atoms with Crippen LogP contribution in [0, 0.1) is 10.1 Å². The number of amides is 1. The van der Waals surface area contributed by atoms with Gasteiger partial charge in [0.15, 0.2) is 0 Å². The molecule has 0 aliphatic carbocycles. The Kier molecular flexibility index (Phi) is 5.83. The number of hydrogen-bond acceptors (Lipinski definition) is 5. The van der Waals surface area contributed by atoms with Crippen molar-refractivity contribution in [2.24, 2.45) is 0 Å². The van der Waals surface area contributed by atoms with Crippen LogP contribution in [0.5, 0.6) is 0 Å². The molecule has 0 radical (unpaired) electrons. The summed E-state index contributed by atoms with van der Waals surface area (Å²) in [5, 5.41) is 11.2. The Labute approximate surface area is 176 Å². The Balaban J connectivity index is 1.39. The minimum absolute atomic E-state index is 0.00522. The lowest BCUT2D eigenvalue weighted by atomic mass is 9.88. The number of rotatable bonds is 5. The second-order valence-electron chi connectivity index (χ2n) is 8.18. The van der Waals surface area contributed by atoms with Crippen molar-refractivity contribution in [3.05, 3.63) is 70.3 Å². The number of likely N-dealkylation sites (tertiary alicyclic amines) is 1. The number of carbonyl (C=O) groups is 1. The van der Waals surface area contributed by atoms with E-state index in [0.29, 0.717) is 13.0 Å². The Morgan fingerprint density at radius 1 is 1.10 bits per heavy atom. The zero-order chi connectivity index (χ0) is 21.1. The number of carbonyl (C=O) groups excluding carboxylic acids is 1. The summed E-state index contributed by atoms with van der Waals surface area (Å²) in [4.78, 5) is 27.8. The maximum atomic E-state index is 12.7. The van der Waals surface area contributed by atoms with E-state index in [2.05, 4.69) is 4.90 Å². The number of morpholine rings is 1. The topological polar surface area (TPSA) is 75.9 Å². The molecule has 2 aromatic rings. The van der Waals surface area contributed by atoms with Crippen LogP contribution in [0.1, 0.15) is 25.3 Å². The minimum Gasteiger partial charge on any atom is -0.360 e. The third-order valence-electron chi connectivity index (χ3n) is 6.21. The Morgan fingerprint density at radius 3 is 2.47 bits per heavy atom. The highest BCUT2D eigenvalue weighted by atomic mass is 16.6.